The van der Waals surface area contributed by atoms with Crippen molar-refractivity contribution in [2.75, 3.05) is 6.54 Å². The summed E-state index contributed by atoms with van der Waals surface area (Å²) in [5, 5.41) is 109. The van der Waals surface area contributed by atoms with Crippen LogP contribution in [0.4, 0.5) is 0 Å². The first-order valence-corrected chi connectivity index (χ1v) is 10.0. The highest BCUT2D eigenvalue weighted by Crippen LogP contribution is 2.54. The van der Waals surface area contributed by atoms with Crippen molar-refractivity contribution in [3.63, 3.8) is 0 Å². The van der Waals surface area contributed by atoms with Crippen LogP contribution < -0.4 is 9.47 Å². The quantitative estimate of drug-likeness (QED) is 0.167. The fraction of sp³-hybridized carbons (Fsp3) is 0.632. The smallest absolute Gasteiger partial charge is 0.413 e. The second-order valence-corrected chi connectivity index (χ2v) is 8.90. The third-order valence-corrected chi connectivity index (χ3v) is 5.71. The third-order valence-electron chi connectivity index (χ3n) is 5.71. The maximum atomic E-state index is 12.8. The van der Waals surface area contributed by atoms with E-state index in [9.17, 15) is 45.6 Å². The highest BCUT2D eigenvalue weighted by Gasteiger charge is 2.67. The van der Waals surface area contributed by atoms with E-state index >= 15 is 0 Å². The average molecular weight is 493 g/mol. The van der Waals surface area contributed by atoms with Crippen LogP contribution in [0.3, 0.4) is 0 Å². The molecule has 2 aliphatic rings. The summed E-state index contributed by atoms with van der Waals surface area (Å²) in [5.41, 5.74) is -4.23. The Hall–Kier alpha value is -1.99. The Kier molecular flexibility index (Phi) is 6.28. The normalized spacial score (nSPS) is 26.8. The Bertz CT molecular complexity index is 963. The number of rotatable bonds is 6. The number of aliphatic hydroxyl groups is 11. The van der Waals surface area contributed by atoms with Crippen LogP contribution in [-0.2, 0) is 16.3 Å². The lowest BCUT2D eigenvalue weighted by Gasteiger charge is -2.57. The largest absolute Gasteiger partial charge is 0.453 e. The van der Waals surface area contributed by atoms with Gasteiger partial charge in [-0.15, -0.1) is 0 Å². The van der Waals surface area contributed by atoms with Crippen molar-refractivity contribution in [1.82, 2.24) is 4.90 Å². The highest BCUT2D eigenvalue weighted by atomic mass is 16.9. The van der Waals surface area contributed by atoms with E-state index in [1.807, 2.05) is 0 Å². The van der Waals surface area contributed by atoms with E-state index in [1.165, 1.54) is 0 Å². The van der Waals surface area contributed by atoms with Crippen molar-refractivity contribution < 1.29 is 70.4 Å². The first-order valence-electron chi connectivity index (χ1n) is 10.0. The number of ether oxygens (including phenoxy) is 2. The molecule has 3 rings (SSSR count). The van der Waals surface area contributed by atoms with Gasteiger partial charge in [-0.3, -0.25) is 4.79 Å². The van der Waals surface area contributed by atoms with Crippen molar-refractivity contribution in [3.05, 3.63) is 23.3 Å². The molecule has 11 N–H and O–H groups in total. The standard InChI is InChI=1S/C19H27NO14/c1-8(2)3-9-7-20-15(22,6-12(9)21)10-4-13(33-18(27,28)29)14(34-19(30,31)32)5-11(10)16(23,24)17(20,25)26/h4-5,8-9,22-32H,3,6-7H2,1-2H3. The van der Waals surface area contributed by atoms with Crippen LogP contribution in [-0.4, -0.2) is 91.6 Å². The van der Waals surface area contributed by atoms with Crippen LogP contribution in [0.2, 0.25) is 0 Å². The molecule has 15 nitrogen and oxygen atoms in total. The van der Waals surface area contributed by atoms with E-state index in [2.05, 4.69) is 9.47 Å². The molecular formula is C19H27NO14. The maximum Gasteiger partial charge on any atom is 0.453 e. The van der Waals surface area contributed by atoms with Gasteiger partial charge in [0.25, 0.3) is 11.7 Å². The number of hydrogen-bond donors (Lipinski definition) is 11. The third kappa shape index (κ3) is 4.61. The highest BCUT2D eigenvalue weighted by molar-refractivity contribution is 5.83. The summed E-state index contributed by atoms with van der Waals surface area (Å²) in [7, 11) is 0. The van der Waals surface area contributed by atoms with Crippen molar-refractivity contribution in [1.29, 1.82) is 0 Å². The van der Waals surface area contributed by atoms with Crippen molar-refractivity contribution in [2.24, 2.45) is 11.8 Å². The SMILES string of the molecule is CC(C)CC1CN2C(O)(CC1=O)c1cc(OC(O)(O)O)c(OC(O)(O)O)cc1C(O)(O)C2(O)O. The van der Waals surface area contributed by atoms with E-state index in [-0.39, 0.29) is 12.3 Å². The molecule has 1 aromatic rings. The molecule has 2 unspecified atom stereocenters. The summed E-state index contributed by atoms with van der Waals surface area (Å²) in [6, 6.07) is 0.988. The summed E-state index contributed by atoms with van der Waals surface area (Å²) in [6.07, 6.45) is -8.37. The number of fused-ring (bicyclic) bond motifs is 3. The summed E-state index contributed by atoms with van der Waals surface area (Å²) >= 11 is 0. The van der Waals surface area contributed by atoms with Crippen molar-refractivity contribution >= 4 is 5.78 Å². The number of nitrogens with zero attached hydrogens (tertiary/aromatic N) is 1. The van der Waals surface area contributed by atoms with Crippen LogP contribution >= 0.6 is 0 Å². The summed E-state index contributed by atoms with van der Waals surface area (Å²) in [5.74, 6) is -10.7. The molecule has 15 heteroatoms. The van der Waals surface area contributed by atoms with Gasteiger partial charge in [-0.1, -0.05) is 13.8 Å². The zero-order chi connectivity index (χ0) is 26.1. The predicted octanol–water partition coefficient (Wildman–Crippen LogP) is -4.51. The molecule has 0 bridgehead atoms. The summed E-state index contributed by atoms with van der Waals surface area (Å²) in [4.78, 5) is 13.2. The van der Waals surface area contributed by atoms with Crippen LogP contribution in [0, 0.1) is 11.8 Å². The maximum absolute atomic E-state index is 12.8. The first kappa shape index (κ1) is 26.6. The van der Waals surface area contributed by atoms with E-state index in [4.69, 9.17) is 15.3 Å². The number of carbonyl (C=O) groups is 1. The summed E-state index contributed by atoms with van der Waals surface area (Å²) in [6.45, 7) is 3.06. The Balaban J connectivity index is 2.26. The minimum Gasteiger partial charge on any atom is -0.413 e. The van der Waals surface area contributed by atoms with Crippen molar-refractivity contribution in [2.45, 2.75) is 56.4 Å². The minimum absolute atomic E-state index is 0.0146. The lowest BCUT2D eigenvalue weighted by atomic mass is 9.74. The predicted molar refractivity (Wildman–Crippen MR) is 103 cm³/mol. The zero-order valence-corrected chi connectivity index (χ0v) is 18.0. The monoisotopic (exact) mass is 493 g/mol. The molecule has 0 spiro atoms. The molecule has 0 aromatic heterocycles. The number of Topliss-reactive ketones (excluding diaryl/α,β-unsaturated/α-hetero) is 1. The number of hydrogen-bond acceptors (Lipinski definition) is 15. The van der Waals surface area contributed by atoms with Crippen LogP contribution in [0.15, 0.2) is 12.1 Å². The number of benzene rings is 1. The Morgan fingerprint density at radius 1 is 0.941 bits per heavy atom. The summed E-state index contributed by atoms with van der Waals surface area (Å²) < 4.78 is 8.71. The van der Waals surface area contributed by atoms with Crippen LogP contribution in [0.1, 0.15) is 37.8 Å². The minimum atomic E-state index is -3.94. The van der Waals surface area contributed by atoms with Gasteiger partial charge in [0, 0.05) is 23.6 Å². The molecule has 1 saturated heterocycles. The molecule has 2 atom stereocenters. The fourth-order valence-electron chi connectivity index (χ4n) is 4.36. The number of ketones is 1. The molecule has 34 heavy (non-hydrogen) atoms. The average Bonchev–Trinajstić information content (AvgIpc) is 2.61. The number of piperidine rings is 1. The van der Waals surface area contributed by atoms with Gasteiger partial charge >= 0.3 is 12.3 Å². The van der Waals surface area contributed by atoms with Gasteiger partial charge in [-0.2, -0.15) is 0 Å². The second-order valence-electron chi connectivity index (χ2n) is 8.90. The molecule has 1 fully saturated rings. The molecule has 0 amide bonds. The van der Waals surface area contributed by atoms with Crippen LogP contribution in [0.25, 0.3) is 0 Å². The molecule has 2 heterocycles. The zero-order valence-electron chi connectivity index (χ0n) is 18.0. The number of carbonyl (C=O) groups excluding carboxylic acids is 1. The molecular weight excluding hydrogens is 466 g/mol. The molecule has 0 radical (unpaired) electrons. The molecule has 1 aromatic carbocycles. The molecule has 0 aliphatic carbocycles. The van der Waals surface area contributed by atoms with Gasteiger partial charge in [0.15, 0.2) is 17.2 Å². The first-order chi connectivity index (χ1) is 15.2. The fourth-order valence-corrected chi connectivity index (χ4v) is 4.36. The molecule has 2 aliphatic heterocycles. The van der Waals surface area contributed by atoms with Gasteiger partial charge in [-0.25, -0.2) is 4.90 Å². The van der Waals surface area contributed by atoms with E-state index in [1.54, 1.807) is 13.8 Å². The van der Waals surface area contributed by atoms with Gasteiger partial charge in [0.1, 0.15) is 5.78 Å². The second kappa shape index (κ2) is 8.02. The Morgan fingerprint density at radius 3 is 1.85 bits per heavy atom. The van der Waals surface area contributed by atoms with Gasteiger partial charge < -0.3 is 65.6 Å². The topological polar surface area (TPSA) is 261 Å². The lowest BCUT2D eigenvalue weighted by Crippen LogP contribution is -2.75. The van der Waals surface area contributed by atoms with Gasteiger partial charge in [-0.05, 0) is 24.5 Å². The van der Waals surface area contributed by atoms with E-state index in [0.29, 0.717) is 17.0 Å². The molecule has 192 valence electrons. The lowest BCUT2D eigenvalue weighted by molar-refractivity contribution is -0.463. The van der Waals surface area contributed by atoms with Gasteiger partial charge in [0.05, 0.1) is 6.42 Å². The Labute approximate surface area is 191 Å². The van der Waals surface area contributed by atoms with Gasteiger partial charge in [0.2, 0.25) is 0 Å². The van der Waals surface area contributed by atoms with Crippen LogP contribution in [0.5, 0.6) is 11.5 Å². The van der Waals surface area contributed by atoms with Crippen molar-refractivity contribution in [3.8, 4) is 11.5 Å². The van der Waals surface area contributed by atoms with E-state index in [0.717, 1.165) is 0 Å². The van der Waals surface area contributed by atoms with E-state index < -0.39 is 77.0 Å². The molecule has 0 saturated carbocycles. The Morgan fingerprint density at radius 2 is 1.41 bits per heavy atom.